The summed E-state index contributed by atoms with van der Waals surface area (Å²) in [5.41, 5.74) is -0.419. The molecule has 1 N–H and O–H groups in total. The van der Waals surface area contributed by atoms with Crippen LogP contribution in [0, 0.1) is 16.7 Å². The second-order valence-corrected chi connectivity index (χ2v) is 5.99. The molecule has 0 aromatic carbocycles. The quantitative estimate of drug-likeness (QED) is 0.636. The zero-order valence-electron chi connectivity index (χ0n) is 9.80. The first-order valence-corrected chi connectivity index (χ1v) is 5.74. The predicted octanol–water partition coefficient (Wildman–Crippen LogP) is 3.14. The molecular formula is C13H22O. The van der Waals surface area contributed by atoms with Crippen molar-refractivity contribution in [3.05, 3.63) is 12.2 Å². The van der Waals surface area contributed by atoms with Crippen LogP contribution in [0.4, 0.5) is 0 Å². The molecule has 0 aliphatic heterocycles. The molecule has 2 aliphatic carbocycles. The van der Waals surface area contributed by atoms with Gasteiger partial charge in [0.15, 0.2) is 0 Å². The van der Waals surface area contributed by atoms with Gasteiger partial charge in [-0.3, -0.25) is 0 Å². The van der Waals surface area contributed by atoms with Gasteiger partial charge in [-0.15, -0.1) is 0 Å². The maximum absolute atomic E-state index is 10.9. The van der Waals surface area contributed by atoms with Crippen molar-refractivity contribution in [2.24, 2.45) is 16.7 Å². The Balaban J connectivity index is 2.48. The van der Waals surface area contributed by atoms with Crippen molar-refractivity contribution in [2.45, 2.75) is 52.6 Å². The van der Waals surface area contributed by atoms with Crippen molar-refractivity contribution in [1.29, 1.82) is 0 Å². The van der Waals surface area contributed by atoms with Gasteiger partial charge in [-0.05, 0) is 32.1 Å². The van der Waals surface area contributed by atoms with E-state index in [2.05, 4.69) is 20.8 Å². The van der Waals surface area contributed by atoms with E-state index in [0.717, 1.165) is 0 Å². The van der Waals surface area contributed by atoms with Crippen molar-refractivity contribution in [1.82, 2.24) is 0 Å². The van der Waals surface area contributed by atoms with Gasteiger partial charge in [0.2, 0.25) is 0 Å². The van der Waals surface area contributed by atoms with E-state index in [1.807, 2.05) is 19.1 Å². The van der Waals surface area contributed by atoms with Gasteiger partial charge < -0.3 is 5.11 Å². The Morgan fingerprint density at radius 1 is 1.29 bits per heavy atom. The Hall–Kier alpha value is -0.300. The summed E-state index contributed by atoms with van der Waals surface area (Å²) in [6, 6.07) is 0. The average Bonchev–Trinajstić information content (AvgIpc) is 2.53. The van der Waals surface area contributed by atoms with Gasteiger partial charge in [0.1, 0.15) is 0 Å². The maximum atomic E-state index is 10.9. The first-order chi connectivity index (χ1) is 6.37. The van der Waals surface area contributed by atoms with Gasteiger partial charge in [-0.1, -0.05) is 32.9 Å². The van der Waals surface area contributed by atoms with Gasteiger partial charge in [0.25, 0.3) is 0 Å². The van der Waals surface area contributed by atoms with E-state index >= 15 is 0 Å². The lowest BCUT2D eigenvalue weighted by atomic mass is 9.60. The molecule has 1 nitrogen and oxygen atoms in total. The fraction of sp³-hybridized carbons (Fsp3) is 0.846. The fourth-order valence-electron chi connectivity index (χ4n) is 3.95. The van der Waals surface area contributed by atoms with Crippen LogP contribution in [-0.4, -0.2) is 10.7 Å². The maximum Gasteiger partial charge on any atom is 0.0934 e. The minimum absolute atomic E-state index is 0.0481. The highest BCUT2D eigenvalue weighted by molar-refractivity contribution is 5.25. The molecule has 0 saturated heterocycles. The first-order valence-electron chi connectivity index (χ1n) is 5.74. The molecule has 2 bridgehead atoms. The molecule has 2 rings (SSSR count). The summed E-state index contributed by atoms with van der Waals surface area (Å²) in [7, 11) is 0. The fourth-order valence-corrected chi connectivity index (χ4v) is 3.95. The second-order valence-electron chi connectivity index (χ2n) is 5.99. The normalized spacial score (nSPS) is 50.5. The Morgan fingerprint density at radius 2 is 1.93 bits per heavy atom. The van der Waals surface area contributed by atoms with Gasteiger partial charge in [0, 0.05) is 10.8 Å². The number of hydrogen-bond donors (Lipinski definition) is 1. The molecule has 1 heteroatoms. The topological polar surface area (TPSA) is 20.2 Å². The third kappa shape index (κ3) is 0.894. The molecule has 0 unspecified atom stereocenters. The lowest BCUT2D eigenvalue weighted by Crippen LogP contribution is -2.52. The standard InChI is InChI=1S/C13H22O/c1-5-7-13(14)11(2,3)10-6-8-12(13,4)9-10/h5,7,10,14H,6,8-9H2,1-4H3/b7-5+/t10-,12+,13-/m0/s1. The molecule has 2 saturated carbocycles. The predicted molar refractivity (Wildman–Crippen MR) is 59.0 cm³/mol. The summed E-state index contributed by atoms with van der Waals surface area (Å²) in [5.74, 6) is 0.702. The Bertz CT molecular complexity index is 272. The van der Waals surface area contributed by atoms with Crippen LogP contribution in [0.15, 0.2) is 12.2 Å². The lowest BCUT2D eigenvalue weighted by Gasteiger charge is -2.49. The molecule has 0 amide bonds. The Morgan fingerprint density at radius 3 is 2.36 bits per heavy atom. The number of hydrogen-bond acceptors (Lipinski definition) is 1. The van der Waals surface area contributed by atoms with Crippen LogP contribution in [0.1, 0.15) is 47.0 Å². The first kappa shape index (κ1) is 10.2. The van der Waals surface area contributed by atoms with Gasteiger partial charge in [-0.2, -0.15) is 0 Å². The molecule has 0 radical (unpaired) electrons. The zero-order chi connectivity index (χ0) is 10.6. The summed E-state index contributed by atoms with van der Waals surface area (Å²) < 4.78 is 0. The third-order valence-corrected chi connectivity index (χ3v) is 5.07. The Labute approximate surface area is 87.2 Å². The molecule has 2 aliphatic rings. The van der Waals surface area contributed by atoms with E-state index in [-0.39, 0.29) is 10.8 Å². The molecule has 0 aromatic heterocycles. The number of aliphatic hydroxyl groups is 1. The highest BCUT2D eigenvalue weighted by Crippen LogP contribution is 2.68. The summed E-state index contributed by atoms with van der Waals surface area (Å²) in [6.07, 6.45) is 7.71. The van der Waals surface area contributed by atoms with Crippen molar-refractivity contribution in [3.63, 3.8) is 0 Å². The van der Waals surface area contributed by atoms with Crippen molar-refractivity contribution in [3.8, 4) is 0 Å². The van der Waals surface area contributed by atoms with Crippen molar-refractivity contribution >= 4 is 0 Å². The third-order valence-electron chi connectivity index (χ3n) is 5.07. The van der Waals surface area contributed by atoms with Crippen LogP contribution < -0.4 is 0 Å². The van der Waals surface area contributed by atoms with E-state index in [9.17, 15) is 5.11 Å². The Kier molecular flexibility index (Phi) is 1.92. The summed E-state index contributed by atoms with van der Waals surface area (Å²) >= 11 is 0. The summed E-state index contributed by atoms with van der Waals surface area (Å²) in [4.78, 5) is 0. The molecule has 2 fully saturated rings. The van der Waals surface area contributed by atoms with E-state index in [1.54, 1.807) is 0 Å². The zero-order valence-corrected chi connectivity index (χ0v) is 9.80. The smallest absolute Gasteiger partial charge is 0.0934 e. The van der Waals surface area contributed by atoms with Crippen molar-refractivity contribution < 1.29 is 5.11 Å². The molecule has 80 valence electrons. The van der Waals surface area contributed by atoms with Crippen LogP contribution in [-0.2, 0) is 0 Å². The van der Waals surface area contributed by atoms with Crippen LogP contribution in [0.25, 0.3) is 0 Å². The largest absolute Gasteiger partial charge is 0.385 e. The highest BCUT2D eigenvalue weighted by Gasteiger charge is 2.67. The van der Waals surface area contributed by atoms with Crippen molar-refractivity contribution in [2.75, 3.05) is 0 Å². The number of allylic oxidation sites excluding steroid dienone is 1. The minimum Gasteiger partial charge on any atom is -0.385 e. The van der Waals surface area contributed by atoms with Crippen LogP contribution >= 0.6 is 0 Å². The molecular weight excluding hydrogens is 172 g/mol. The summed E-state index contributed by atoms with van der Waals surface area (Å²) in [6.45, 7) is 8.70. The molecule has 3 atom stereocenters. The monoisotopic (exact) mass is 194 g/mol. The minimum atomic E-state index is -0.586. The van der Waals surface area contributed by atoms with E-state index in [0.29, 0.717) is 5.92 Å². The number of rotatable bonds is 1. The molecule has 0 heterocycles. The summed E-state index contributed by atoms with van der Waals surface area (Å²) in [5, 5.41) is 10.9. The highest BCUT2D eigenvalue weighted by atomic mass is 16.3. The second kappa shape index (κ2) is 2.63. The lowest BCUT2D eigenvalue weighted by molar-refractivity contribution is -0.103. The van der Waals surface area contributed by atoms with E-state index in [4.69, 9.17) is 0 Å². The molecule has 0 aromatic rings. The SMILES string of the molecule is C/C=C/[C@]1(O)C(C)(C)[C@H]2CC[C@]1(C)C2. The van der Waals surface area contributed by atoms with Crippen LogP contribution in [0.5, 0.6) is 0 Å². The average molecular weight is 194 g/mol. The molecule has 14 heavy (non-hydrogen) atoms. The van der Waals surface area contributed by atoms with Gasteiger partial charge in [-0.25, -0.2) is 0 Å². The van der Waals surface area contributed by atoms with Crippen LogP contribution in [0.2, 0.25) is 0 Å². The number of fused-ring (bicyclic) bond motifs is 2. The van der Waals surface area contributed by atoms with Gasteiger partial charge in [0.05, 0.1) is 5.60 Å². The molecule has 0 spiro atoms. The van der Waals surface area contributed by atoms with Crippen LogP contribution in [0.3, 0.4) is 0 Å². The van der Waals surface area contributed by atoms with Gasteiger partial charge >= 0.3 is 0 Å². The van der Waals surface area contributed by atoms with E-state index < -0.39 is 5.60 Å². The van der Waals surface area contributed by atoms with E-state index in [1.165, 1.54) is 19.3 Å².